The third kappa shape index (κ3) is 2.39. The highest BCUT2D eigenvalue weighted by Gasteiger charge is 2.48. The molecule has 1 aliphatic rings. The highest BCUT2D eigenvalue weighted by molar-refractivity contribution is 5.82. The van der Waals surface area contributed by atoms with E-state index in [0.29, 0.717) is 5.75 Å². The highest BCUT2D eigenvalue weighted by atomic mass is 16.5. The van der Waals surface area contributed by atoms with Gasteiger partial charge in [0.2, 0.25) is 5.60 Å². The molecule has 6 heteroatoms. The van der Waals surface area contributed by atoms with Gasteiger partial charge in [0.15, 0.2) is 0 Å². The molecule has 1 aliphatic heterocycles. The zero-order chi connectivity index (χ0) is 14.2. The quantitative estimate of drug-likeness (QED) is 0.733. The second-order valence-electron chi connectivity index (χ2n) is 4.84. The Balaban J connectivity index is 2.30. The van der Waals surface area contributed by atoms with Crippen molar-refractivity contribution in [3.63, 3.8) is 0 Å². The Morgan fingerprint density at radius 2 is 2.16 bits per heavy atom. The lowest BCUT2D eigenvalue weighted by molar-refractivity contribution is -0.156. The molecule has 0 amide bonds. The number of fused-ring (bicyclic) bond motifs is 1. The van der Waals surface area contributed by atoms with E-state index in [1.165, 1.54) is 0 Å². The summed E-state index contributed by atoms with van der Waals surface area (Å²) in [7, 11) is 0. The predicted octanol–water partition coefficient (Wildman–Crippen LogP) is 0.555. The number of ether oxygens (including phenoxy) is 1. The average molecular weight is 265 g/mol. The zero-order valence-electron chi connectivity index (χ0n) is 10.4. The van der Waals surface area contributed by atoms with Crippen molar-refractivity contribution >= 4 is 11.9 Å². The third-order valence-corrected chi connectivity index (χ3v) is 3.25. The second kappa shape index (κ2) is 4.55. The van der Waals surface area contributed by atoms with Gasteiger partial charge in [0.05, 0.1) is 0 Å². The number of carboxylic acids is 2. The number of carbonyl (C=O) groups is 2. The molecule has 6 nitrogen and oxygen atoms in total. The molecule has 1 heterocycles. The normalized spacial score (nSPS) is 22.4. The molecule has 0 radical (unpaired) electrons. The van der Waals surface area contributed by atoms with Crippen molar-refractivity contribution in [3.05, 3.63) is 29.3 Å². The molecule has 1 aromatic carbocycles. The van der Waals surface area contributed by atoms with E-state index in [-0.39, 0.29) is 12.8 Å². The van der Waals surface area contributed by atoms with Gasteiger partial charge in [-0.05, 0) is 18.6 Å². The largest absolute Gasteiger partial charge is 0.480 e. The van der Waals surface area contributed by atoms with Gasteiger partial charge in [-0.1, -0.05) is 17.7 Å². The Kier molecular flexibility index (Phi) is 3.20. The van der Waals surface area contributed by atoms with E-state index in [0.717, 1.165) is 11.1 Å². The summed E-state index contributed by atoms with van der Waals surface area (Å²) in [5, 5.41) is 18.2. The zero-order valence-corrected chi connectivity index (χ0v) is 10.4. The summed E-state index contributed by atoms with van der Waals surface area (Å²) in [6.07, 6.45) is -0.147. The number of aryl methyl sites for hydroxylation is 1. The molecule has 0 saturated carbocycles. The van der Waals surface area contributed by atoms with Crippen molar-refractivity contribution in [1.29, 1.82) is 0 Å². The molecule has 19 heavy (non-hydrogen) atoms. The fraction of sp³-hybridized carbons (Fsp3) is 0.385. The number of rotatable bonds is 4. The van der Waals surface area contributed by atoms with E-state index in [2.05, 4.69) is 0 Å². The Bertz CT molecular complexity index is 542. The summed E-state index contributed by atoms with van der Waals surface area (Å²) in [5.74, 6) is -1.96. The minimum Gasteiger partial charge on any atom is -0.480 e. The Morgan fingerprint density at radius 3 is 2.74 bits per heavy atom. The maximum atomic E-state index is 11.5. The van der Waals surface area contributed by atoms with Crippen LogP contribution in [0.1, 0.15) is 17.5 Å². The molecule has 4 N–H and O–H groups in total. The van der Waals surface area contributed by atoms with Crippen LogP contribution in [0.3, 0.4) is 0 Å². The molecule has 102 valence electrons. The van der Waals surface area contributed by atoms with Crippen LogP contribution in [0.15, 0.2) is 18.2 Å². The van der Waals surface area contributed by atoms with Crippen LogP contribution in [0.5, 0.6) is 5.75 Å². The van der Waals surface area contributed by atoms with Crippen molar-refractivity contribution in [2.24, 2.45) is 5.73 Å². The van der Waals surface area contributed by atoms with Gasteiger partial charge >= 0.3 is 11.9 Å². The first kappa shape index (κ1) is 13.4. The first-order valence-electron chi connectivity index (χ1n) is 5.84. The fourth-order valence-corrected chi connectivity index (χ4v) is 2.26. The van der Waals surface area contributed by atoms with Gasteiger partial charge in [0, 0.05) is 12.8 Å². The average Bonchev–Trinajstić information content (AvgIpc) is 2.67. The molecule has 1 aromatic rings. The van der Waals surface area contributed by atoms with E-state index in [1.54, 1.807) is 6.07 Å². The van der Waals surface area contributed by atoms with E-state index in [1.807, 2.05) is 19.1 Å². The van der Waals surface area contributed by atoms with Crippen LogP contribution in [-0.4, -0.2) is 33.8 Å². The Labute approximate surface area is 109 Å². The summed E-state index contributed by atoms with van der Waals surface area (Å²) >= 11 is 0. The summed E-state index contributed by atoms with van der Waals surface area (Å²) in [5.41, 5.74) is 5.61. The topological polar surface area (TPSA) is 110 Å². The minimum absolute atomic E-state index is 0.125. The van der Waals surface area contributed by atoms with Gasteiger partial charge in [-0.25, -0.2) is 4.79 Å². The van der Waals surface area contributed by atoms with Crippen LogP contribution in [0.2, 0.25) is 0 Å². The first-order valence-corrected chi connectivity index (χ1v) is 5.84. The summed E-state index contributed by atoms with van der Waals surface area (Å²) in [6, 6.07) is 4.08. The van der Waals surface area contributed by atoms with Crippen molar-refractivity contribution in [1.82, 2.24) is 0 Å². The van der Waals surface area contributed by atoms with E-state index in [9.17, 15) is 14.7 Å². The molecule has 0 bridgehead atoms. The smallest absolute Gasteiger partial charge is 0.348 e. The van der Waals surface area contributed by atoms with Gasteiger partial charge in [0.25, 0.3) is 0 Å². The Morgan fingerprint density at radius 1 is 1.47 bits per heavy atom. The minimum atomic E-state index is -1.59. The third-order valence-electron chi connectivity index (χ3n) is 3.25. The number of hydrogen-bond donors (Lipinski definition) is 3. The standard InChI is InChI=1S/C13H15NO5/c1-7-2-3-10-8(4-7)5-13(19-10,12(17)18)6-9(14)11(15)16/h2-4,9H,5-6,14H2,1H3,(H,15,16)(H,17,18)/t9-,13-/m0/s1. The summed E-state index contributed by atoms with van der Waals surface area (Å²) in [4.78, 5) is 22.3. The van der Waals surface area contributed by atoms with Crippen LogP contribution in [0.25, 0.3) is 0 Å². The molecule has 0 aliphatic carbocycles. The highest BCUT2D eigenvalue weighted by Crippen LogP contribution is 2.38. The van der Waals surface area contributed by atoms with E-state index >= 15 is 0 Å². The lowest BCUT2D eigenvalue weighted by atomic mass is 9.90. The monoisotopic (exact) mass is 265 g/mol. The van der Waals surface area contributed by atoms with Crippen LogP contribution in [-0.2, 0) is 16.0 Å². The molecular weight excluding hydrogens is 250 g/mol. The SMILES string of the molecule is Cc1ccc2c(c1)C[C@](C[C@H](N)C(=O)O)(C(=O)O)O2. The molecule has 0 aromatic heterocycles. The Hall–Kier alpha value is -2.08. The van der Waals surface area contributed by atoms with Gasteiger partial charge in [-0.3, -0.25) is 4.79 Å². The fourth-order valence-electron chi connectivity index (χ4n) is 2.26. The van der Waals surface area contributed by atoms with Gasteiger partial charge in [-0.15, -0.1) is 0 Å². The molecule has 0 spiro atoms. The molecular formula is C13H15NO5. The summed E-state index contributed by atoms with van der Waals surface area (Å²) in [6.45, 7) is 1.89. The number of aliphatic carboxylic acids is 2. The lowest BCUT2D eigenvalue weighted by Crippen LogP contribution is -2.50. The molecule has 2 rings (SSSR count). The number of benzene rings is 1. The van der Waals surface area contributed by atoms with Gasteiger partial charge in [0.1, 0.15) is 11.8 Å². The number of carboxylic acid groups (broad SMARTS) is 2. The first-order chi connectivity index (χ1) is 8.84. The van der Waals surface area contributed by atoms with Crippen LogP contribution < -0.4 is 10.5 Å². The molecule has 0 unspecified atom stereocenters. The number of nitrogens with two attached hydrogens (primary N) is 1. The number of hydrogen-bond acceptors (Lipinski definition) is 4. The predicted molar refractivity (Wildman–Crippen MR) is 66.1 cm³/mol. The van der Waals surface area contributed by atoms with Gasteiger partial charge < -0.3 is 20.7 Å². The van der Waals surface area contributed by atoms with Crippen molar-refractivity contribution in [3.8, 4) is 5.75 Å². The summed E-state index contributed by atoms with van der Waals surface area (Å²) < 4.78 is 5.49. The maximum absolute atomic E-state index is 11.5. The van der Waals surface area contributed by atoms with Crippen LogP contribution in [0.4, 0.5) is 0 Å². The van der Waals surface area contributed by atoms with Crippen molar-refractivity contribution in [2.45, 2.75) is 31.4 Å². The van der Waals surface area contributed by atoms with E-state index in [4.69, 9.17) is 15.6 Å². The second-order valence-corrected chi connectivity index (χ2v) is 4.84. The van der Waals surface area contributed by atoms with Crippen LogP contribution in [0, 0.1) is 6.92 Å². The van der Waals surface area contributed by atoms with Gasteiger partial charge in [-0.2, -0.15) is 0 Å². The molecule has 0 fully saturated rings. The lowest BCUT2D eigenvalue weighted by Gasteiger charge is -2.25. The van der Waals surface area contributed by atoms with Crippen molar-refractivity contribution in [2.75, 3.05) is 0 Å². The van der Waals surface area contributed by atoms with Crippen LogP contribution >= 0.6 is 0 Å². The molecule has 0 saturated heterocycles. The maximum Gasteiger partial charge on any atom is 0.348 e. The molecule has 2 atom stereocenters. The van der Waals surface area contributed by atoms with E-state index < -0.39 is 23.6 Å². The van der Waals surface area contributed by atoms with Crippen molar-refractivity contribution < 1.29 is 24.5 Å².